The molecule has 2 amide bonds. The Balaban J connectivity index is 1.85. The van der Waals surface area contributed by atoms with E-state index in [9.17, 15) is 19.2 Å². The third-order valence-electron chi connectivity index (χ3n) is 5.26. The molecule has 2 rings (SSSR count). The van der Waals surface area contributed by atoms with Gasteiger partial charge in [-0.25, -0.2) is 9.59 Å². The van der Waals surface area contributed by atoms with Crippen LogP contribution in [0, 0.1) is 0 Å². The van der Waals surface area contributed by atoms with Crippen molar-refractivity contribution in [3.8, 4) is 0 Å². The van der Waals surface area contributed by atoms with E-state index >= 15 is 0 Å². The van der Waals surface area contributed by atoms with Gasteiger partial charge < -0.3 is 19.3 Å². The van der Waals surface area contributed by atoms with Crippen molar-refractivity contribution in [2.45, 2.75) is 103 Å². The van der Waals surface area contributed by atoms with Crippen LogP contribution in [0.2, 0.25) is 0 Å². The maximum Gasteiger partial charge on any atom is 0.329 e. The molecule has 2 fully saturated rings. The predicted molar refractivity (Wildman–Crippen MR) is 120 cm³/mol. The highest BCUT2D eigenvalue weighted by molar-refractivity contribution is 5.87. The quantitative estimate of drug-likeness (QED) is 0.456. The van der Waals surface area contributed by atoms with Gasteiger partial charge in [-0.1, -0.05) is 12.2 Å². The third-order valence-corrected chi connectivity index (χ3v) is 5.26. The van der Waals surface area contributed by atoms with Gasteiger partial charge in [0.15, 0.2) is 0 Å². The Bertz CT molecular complexity index is 685. The highest BCUT2D eigenvalue weighted by Gasteiger charge is 2.37. The van der Waals surface area contributed by atoms with Crippen LogP contribution < -0.4 is 0 Å². The summed E-state index contributed by atoms with van der Waals surface area (Å²) in [5, 5.41) is 0. The molecule has 0 radical (unpaired) electrons. The van der Waals surface area contributed by atoms with Crippen LogP contribution in [0.5, 0.6) is 0 Å². The van der Waals surface area contributed by atoms with Crippen LogP contribution in [0.3, 0.4) is 0 Å². The standard InChI is InChI=1S/C24H38N2O6/c1-23(2,3)31-21(29)17-11-9-15-25(17)19(27)13-7-8-14-20(28)26-16-10-12-18(26)22(30)32-24(4,5)6/h7-8,17-18H,9-16H2,1-6H3/b8-7+/t17-,18-/m1/s1. The molecule has 0 spiro atoms. The zero-order valence-corrected chi connectivity index (χ0v) is 20.3. The lowest BCUT2D eigenvalue weighted by atomic mass is 10.1. The molecule has 2 aliphatic rings. The number of rotatable bonds is 6. The van der Waals surface area contributed by atoms with Gasteiger partial charge in [0, 0.05) is 25.9 Å². The maximum absolute atomic E-state index is 12.6. The molecule has 0 aliphatic carbocycles. The molecule has 0 saturated carbocycles. The van der Waals surface area contributed by atoms with E-state index in [1.54, 1.807) is 63.5 Å². The highest BCUT2D eigenvalue weighted by Crippen LogP contribution is 2.23. The Hall–Kier alpha value is -2.38. The smallest absolute Gasteiger partial charge is 0.329 e. The van der Waals surface area contributed by atoms with Gasteiger partial charge in [0.1, 0.15) is 23.3 Å². The van der Waals surface area contributed by atoms with Crippen molar-refractivity contribution < 1.29 is 28.7 Å². The monoisotopic (exact) mass is 450 g/mol. The summed E-state index contributed by atoms with van der Waals surface area (Å²) in [5.41, 5.74) is -1.19. The Morgan fingerprint density at radius 3 is 1.38 bits per heavy atom. The fraction of sp³-hybridized carbons (Fsp3) is 0.750. The minimum Gasteiger partial charge on any atom is -0.458 e. The Morgan fingerprint density at radius 2 is 1.06 bits per heavy atom. The number of hydrogen-bond acceptors (Lipinski definition) is 6. The number of esters is 2. The number of amides is 2. The highest BCUT2D eigenvalue weighted by atomic mass is 16.6. The number of carbonyl (C=O) groups excluding carboxylic acids is 4. The Kier molecular flexibility index (Phi) is 8.48. The average Bonchev–Trinajstić information content (AvgIpc) is 3.31. The zero-order valence-electron chi connectivity index (χ0n) is 20.3. The maximum atomic E-state index is 12.6. The molecule has 2 atom stereocenters. The summed E-state index contributed by atoms with van der Waals surface area (Å²) in [6.07, 6.45) is 6.27. The zero-order chi connectivity index (χ0) is 24.1. The van der Waals surface area contributed by atoms with E-state index in [1.165, 1.54) is 0 Å². The van der Waals surface area contributed by atoms with Crippen molar-refractivity contribution in [2.75, 3.05) is 13.1 Å². The number of hydrogen-bond donors (Lipinski definition) is 0. The number of nitrogens with zero attached hydrogens (tertiary/aromatic N) is 2. The molecule has 2 aliphatic heterocycles. The van der Waals surface area contributed by atoms with Crippen LogP contribution in [-0.4, -0.2) is 69.9 Å². The van der Waals surface area contributed by atoms with E-state index in [0.717, 1.165) is 12.8 Å². The van der Waals surface area contributed by atoms with Gasteiger partial charge in [0.05, 0.1) is 0 Å². The van der Waals surface area contributed by atoms with Gasteiger partial charge in [-0.15, -0.1) is 0 Å². The molecule has 0 N–H and O–H groups in total. The van der Waals surface area contributed by atoms with Gasteiger partial charge in [0.25, 0.3) is 0 Å². The van der Waals surface area contributed by atoms with E-state index in [0.29, 0.717) is 25.9 Å². The summed E-state index contributed by atoms with van der Waals surface area (Å²) in [5.74, 6) is -1.06. The largest absolute Gasteiger partial charge is 0.458 e. The van der Waals surface area contributed by atoms with Crippen molar-refractivity contribution in [1.82, 2.24) is 9.80 Å². The first-order chi connectivity index (χ1) is 14.8. The van der Waals surface area contributed by atoms with Crippen LogP contribution in [0.4, 0.5) is 0 Å². The lowest BCUT2D eigenvalue weighted by Crippen LogP contribution is -2.43. The van der Waals surface area contributed by atoms with Crippen LogP contribution >= 0.6 is 0 Å². The van der Waals surface area contributed by atoms with Gasteiger partial charge in [-0.05, 0) is 67.2 Å². The van der Waals surface area contributed by atoms with Gasteiger partial charge >= 0.3 is 11.9 Å². The fourth-order valence-electron chi connectivity index (χ4n) is 3.96. The molecule has 8 nitrogen and oxygen atoms in total. The summed E-state index contributed by atoms with van der Waals surface area (Å²) in [4.78, 5) is 53.1. The van der Waals surface area contributed by atoms with E-state index in [-0.39, 0.29) is 36.6 Å². The first-order valence-corrected chi connectivity index (χ1v) is 11.5. The lowest BCUT2D eigenvalue weighted by Gasteiger charge is -2.27. The summed E-state index contributed by atoms with van der Waals surface area (Å²) in [6, 6.07) is -1.09. The molecular formula is C24H38N2O6. The molecule has 2 heterocycles. The van der Waals surface area contributed by atoms with Crippen molar-refractivity contribution in [2.24, 2.45) is 0 Å². The summed E-state index contributed by atoms with van der Waals surface area (Å²) < 4.78 is 10.9. The van der Waals surface area contributed by atoms with Crippen molar-refractivity contribution in [3.05, 3.63) is 12.2 Å². The second-order valence-corrected chi connectivity index (χ2v) is 10.4. The molecular weight excluding hydrogens is 412 g/mol. The Labute approximate surface area is 191 Å². The molecule has 8 heteroatoms. The van der Waals surface area contributed by atoms with E-state index in [2.05, 4.69) is 0 Å². The fourth-order valence-corrected chi connectivity index (χ4v) is 3.96. The van der Waals surface area contributed by atoms with Crippen LogP contribution in [0.25, 0.3) is 0 Å². The van der Waals surface area contributed by atoms with E-state index < -0.39 is 23.3 Å². The van der Waals surface area contributed by atoms with E-state index in [1.807, 2.05) is 0 Å². The molecule has 0 unspecified atom stereocenters. The summed E-state index contributed by atoms with van der Waals surface area (Å²) >= 11 is 0. The van der Waals surface area contributed by atoms with Crippen LogP contribution in [-0.2, 0) is 28.7 Å². The van der Waals surface area contributed by atoms with Crippen molar-refractivity contribution >= 4 is 23.8 Å². The van der Waals surface area contributed by atoms with Crippen LogP contribution in [0.1, 0.15) is 80.1 Å². The molecule has 2 saturated heterocycles. The van der Waals surface area contributed by atoms with Gasteiger partial charge in [0.2, 0.25) is 11.8 Å². The normalized spacial score (nSPS) is 21.8. The second-order valence-electron chi connectivity index (χ2n) is 10.4. The minimum atomic E-state index is -0.596. The SMILES string of the molecule is CC(C)(C)OC(=O)[C@H]1CCCN1C(=O)C/C=C/CC(=O)N1CCC[C@@H]1C(=O)OC(C)(C)C. The van der Waals surface area contributed by atoms with E-state index in [4.69, 9.17) is 9.47 Å². The molecule has 180 valence electrons. The van der Waals surface area contributed by atoms with Crippen molar-refractivity contribution in [3.63, 3.8) is 0 Å². The van der Waals surface area contributed by atoms with Gasteiger partial charge in [-0.2, -0.15) is 0 Å². The molecule has 0 aromatic carbocycles. The molecule has 0 aromatic rings. The number of carbonyl (C=O) groups is 4. The topological polar surface area (TPSA) is 93.2 Å². The number of ether oxygens (including phenoxy) is 2. The van der Waals surface area contributed by atoms with Gasteiger partial charge in [-0.3, -0.25) is 9.59 Å². The summed E-state index contributed by atoms with van der Waals surface area (Å²) in [6.45, 7) is 11.9. The molecule has 0 aromatic heterocycles. The first-order valence-electron chi connectivity index (χ1n) is 11.5. The summed E-state index contributed by atoms with van der Waals surface area (Å²) in [7, 11) is 0. The lowest BCUT2D eigenvalue weighted by molar-refractivity contribution is -0.163. The Morgan fingerprint density at radius 1 is 0.719 bits per heavy atom. The molecule has 0 bridgehead atoms. The second kappa shape index (κ2) is 10.5. The predicted octanol–water partition coefficient (Wildman–Crippen LogP) is 2.99. The third kappa shape index (κ3) is 7.64. The van der Waals surface area contributed by atoms with Crippen molar-refractivity contribution in [1.29, 1.82) is 0 Å². The number of likely N-dealkylation sites (tertiary alicyclic amines) is 2. The average molecular weight is 451 g/mol. The minimum absolute atomic E-state index is 0.113. The molecule has 32 heavy (non-hydrogen) atoms. The van der Waals surface area contributed by atoms with Crippen LogP contribution in [0.15, 0.2) is 12.2 Å². The first kappa shape index (κ1) is 25.9.